The maximum atomic E-state index is 14.8. The minimum atomic E-state index is -1.08. The summed E-state index contributed by atoms with van der Waals surface area (Å²) in [5.41, 5.74) is 6.08. The van der Waals surface area contributed by atoms with E-state index in [1.54, 1.807) is 6.20 Å². The number of carbonyl (C=O) groups is 1. The van der Waals surface area contributed by atoms with Crippen LogP contribution in [-0.2, 0) is 4.74 Å². The van der Waals surface area contributed by atoms with Gasteiger partial charge in [-0.05, 0) is 54.9 Å². The first-order chi connectivity index (χ1) is 17.8. The van der Waals surface area contributed by atoms with E-state index in [2.05, 4.69) is 22.2 Å². The van der Waals surface area contributed by atoms with Crippen LogP contribution in [0.25, 0.3) is 11.3 Å². The Morgan fingerprint density at radius 2 is 1.84 bits per heavy atom. The quantitative estimate of drug-likeness (QED) is 0.407. The zero-order chi connectivity index (χ0) is 26.5. The number of anilines is 1. The number of halogens is 3. The van der Waals surface area contributed by atoms with Gasteiger partial charge in [-0.25, -0.2) is 18.2 Å². The molecule has 1 saturated carbocycles. The predicted molar refractivity (Wildman–Crippen MR) is 133 cm³/mol. The standard InChI is InChI=1S/C27H29F3N4O3/c1-15-9-16(11-17(31)10-15)19-5-6-32-14-24(19)34-27(35)23-4-3-20(28)26(33-23)25-21(29)12-18(13-22(25)30)37-8-7-36-2/h3-6,12-17H,7-11,31H2,1-2H3,(H,34,35). The molecule has 1 aliphatic carbocycles. The number of benzene rings is 1. The highest BCUT2D eigenvalue weighted by Gasteiger charge is 2.28. The van der Waals surface area contributed by atoms with Crippen molar-refractivity contribution in [1.29, 1.82) is 0 Å². The van der Waals surface area contributed by atoms with Crippen molar-refractivity contribution in [2.75, 3.05) is 25.6 Å². The smallest absolute Gasteiger partial charge is 0.274 e. The van der Waals surface area contributed by atoms with Gasteiger partial charge in [0.2, 0.25) is 0 Å². The summed E-state index contributed by atoms with van der Waals surface area (Å²) in [6.45, 7) is 2.45. The number of carbonyl (C=O) groups excluding carboxylic acids is 1. The Morgan fingerprint density at radius 1 is 1.08 bits per heavy atom. The van der Waals surface area contributed by atoms with Gasteiger partial charge in [0.1, 0.15) is 41.2 Å². The fourth-order valence-electron chi connectivity index (χ4n) is 4.81. The number of pyridine rings is 2. The first-order valence-electron chi connectivity index (χ1n) is 12.0. The topological polar surface area (TPSA) is 99.4 Å². The van der Waals surface area contributed by atoms with Crippen LogP contribution in [0.5, 0.6) is 5.75 Å². The SMILES string of the molecule is COCCOc1cc(F)c(-c2nc(C(=O)Nc3cnccc3C3CC(C)CC(N)C3)ccc2F)c(F)c1. The number of aromatic nitrogens is 2. The summed E-state index contributed by atoms with van der Waals surface area (Å²) in [6.07, 6.45) is 5.82. The van der Waals surface area contributed by atoms with Gasteiger partial charge in [-0.1, -0.05) is 6.92 Å². The van der Waals surface area contributed by atoms with Crippen LogP contribution in [-0.4, -0.2) is 42.2 Å². The lowest BCUT2D eigenvalue weighted by Gasteiger charge is -2.32. The van der Waals surface area contributed by atoms with E-state index in [9.17, 15) is 18.0 Å². The predicted octanol–water partition coefficient (Wildman–Crippen LogP) is 5.07. The molecule has 1 aromatic carbocycles. The number of amides is 1. The van der Waals surface area contributed by atoms with E-state index in [1.165, 1.54) is 13.3 Å². The maximum Gasteiger partial charge on any atom is 0.274 e. The zero-order valence-electron chi connectivity index (χ0n) is 20.6. The minimum absolute atomic E-state index is 0.0633. The van der Waals surface area contributed by atoms with Gasteiger partial charge in [-0.3, -0.25) is 9.78 Å². The summed E-state index contributed by atoms with van der Waals surface area (Å²) >= 11 is 0. The number of hydrogen-bond donors (Lipinski definition) is 2. The van der Waals surface area contributed by atoms with E-state index in [0.29, 0.717) is 11.6 Å². The lowest BCUT2D eigenvalue weighted by Crippen LogP contribution is -2.31. The van der Waals surface area contributed by atoms with Crippen LogP contribution < -0.4 is 15.8 Å². The number of nitrogens with one attached hydrogen (secondary N) is 1. The summed E-state index contributed by atoms with van der Waals surface area (Å²) in [5.74, 6) is -3.29. The Bertz CT molecular complexity index is 1240. The summed E-state index contributed by atoms with van der Waals surface area (Å²) in [6, 6.07) is 5.87. The molecule has 37 heavy (non-hydrogen) atoms. The third-order valence-electron chi connectivity index (χ3n) is 6.41. The van der Waals surface area contributed by atoms with E-state index >= 15 is 0 Å². The second-order valence-corrected chi connectivity index (χ2v) is 9.32. The first-order valence-corrected chi connectivity index (χ1v) is 12.0. The van der Waals surface area contributed by atoms with E-state index in [0.717, 1.165) is 49.1 Å². The second-order valence-electron chi connectivity index (χ2n) is 9.32. The number of rotatable bonds is 8. The molecule has 0 radical (unpaired) electrons. The van der Waals surface area contributed by atoms with Crippen LogP contribution in [0.3, 0.4) is 0 Å². The van der Waals surface area contributed by atoms with Gasteiger partial charge >= 0.3 is 0 Å². The highest BCUT2D eigenvalue weighted by molar-refractivity contribution is 6.03. The molecule has 2 aromatic heterocycles. The summed E-state index contributed by atoms with van der Waals surface area (Å²) < 4.78 is 54.3. The molecule has 7 nitrogen and oxygen atoms in total. The normalized spacial score (nSPS) is 19.5. The van der Waals surface area contributed by atoms with Gasteiger partial charge < -0.3 is 20.5 Å². The molecule has 0 aliphatic heterocycles. The van der Waals surface area contributed by atoms with E-state index < -0.39 is 34.6 Å². The molecule has 1 amide bonds. The minimum Gasteiger partial charge on any atom is -0.491 e. The van der Waals surface area contributed by atoms with Crippen LogP contribution >= 0.6 is 0 Å². The number of nitrogens with zero attached hydrogens (tertiary/aromatic N) is 2. The van der Waals surface area contributed by atoms with E-state index in [-0.39, 0.29) is 36.6 Å². The summed E-state index contributed by atoms with van der Waals surface area (Å²) in [5, 5.41) is 2.77. The fraction of sp³-hybridized carbons (Fsp3) is 0.370. The monoisotopic (exact) mass is 514 g/mol. The number of hydrogen-bond acceptors (Lipinski definition) is 6. The largest absolute Gasteiger partial charge is 0.491 e. The molecular weight excluding hydrogens is 485 g/mol. The summed E-state index contributed by atoms with van der Waals surface area (Å²) in [7, 11) is 1.46. The fourth-order valence-corrected chi connectivity index (χ4v) is 4.81. The highest BCUT2D eigenvalue weighted by Crippen LogP contribution is 2.38. The molecule has 3 unspecified atom stereocenters. The lowest BCUT2D eigenvalue weighted by atomic mass is 9.76. The van der Waals surface area contributed by atoms with Gasteiger partial charge in [0.15, 0.2) is 0 Å². The molecule has 4 rings (SSSR count). The van der Waals surface area contributed by atoms with Crippen LogP contribution in [0.2, 0.25) is 0 Å². The third kappa shape index (κ3) is 6.26. The second kappa shape index (κ2) is 11.7. The Hall–Kier alpha value is -3.50. The Labute approximate surface area is 213 Å². The highest BCUT2D eigenvalue weighted by atomic mass is 19.1. The number of nitrogens with two attached hydrogens (primary N) is 1. The molecule has 10 heteroatoms. The van der Waals surface area contributed by atoms with Crippen LogP contribution in [0, 0.1) is 23.4 Å². The maximum absolute atomic E-state index is 14.8. The van der Waals surface area contributed by atoms with Crippen molar-refractivity contribution in [3.05, 3.63) is 71.4 Å². The van der Waals surface area contributed by atoms with Gasteiger partial charge in [0.05, 0.1) is 24.1 Å². The van der Waals surface area contributed by atoms with Gasteiger partial charge in [0.25, 0.3) is 5.91 Å². The lowest BCUT2D eigenvalue weighted by molar-refractivity contribution is 0.102. The van der Waals surface area contributed by atoms with Crippen molar-refractivity contribution >= 4 is 11.6 Å². The first kappa shape index (κ1) is 26.6. The van der Waals surface area contributed by atoms with E-state index in [4.69, 9.17) is 15.2 Å². The summed E-state index contributed by atoms with van der Waals surface area (Å²) in [4.78, 5) is 21.2. The Morgan fingerprint density at radius 3 is 2.54 bits per heavy atom. The molecule has 0 bridgehead atoms. The van der Waals surface area contributed by atoms with Gasteiger partial charge in [-0.15, -0.1) is 0 Å². The average Bonchev–Trinajstić information content (AvgIpc) is 2.84. The molecule has 196 valence electrons. The molecule has 1 aliphatic rings. The average molecular weight is 515 g/mol. The molecule has 1 fully saturated rings. The Kier molecular flexibility index (Phi) is 8.40. The van der Waals surface area contributed by atoms with Crippen molar-refractivity contribution in [2.24, 2.45) is 11.7 Å². The number of methoxy groups -OCH3 is 1. The zero-order valence-corrected chi connectivity index (χ0v) is 20.6. The molecule has 3 atom stereocenters. The van der Waals surface area contributed by atoms with Crippen molar-refractivity contribution in [3.63, 3.8) is 0 Å². The molecule has 3 N–H and O–H groups in total. The Balaban J connectivity index is 1.59. The van der Waals surface area contributed by atoms with Crippen molar-refractivity contribution < 1.29 is 27.4 Å². The van der Waals surface area contributed by atoms with Crippen LogP contribution in [0.4, 0.5) is 18.9 Å². The molecular formula is C27H29F3N4O3. The van der Waals surface area contributed by atoms with Crippen LogP contribution in [0.1, 0.15) is 48.2 Å². The third-order valence-corrected chi connectivity index (χ3v) is 6.41. The molecule has 0 spiro atoms. The van der Waals surface area contributed by atoms with E-state index in [1.807, 2.05) is 6.07 Å². The molecule has 3 aromatic rings. The number of ether oxygens (including phenoxy) is 2. The van der Waals surface area contributed by atoms with Crippen molar-refractivity contribution in [3.8, 4) is 17.0 Å². The van der Waals surface area contributed by atoms with Gasteiger partial charge in [0, 0.05) is 31.5 Å². The molecule has 0 saturated heterocycles. The van der Waals surface area contributed by atoms with Crippen LogP contribution in [0.15, 0.2) is 42.7 Å². The van der Waals surface area contributed by atoms with Crippen molar-refractivity contribution in [1.82, 2.24) is 9.97 Å². The van der Waals surface area contributed by atoms with Gasteiger partial charge in [-0.2, -0.15) is 0 Å². The molecule has 2 heterocycles. The van der Waals surface area contributed by atoms with Crippen molar-refractivity contribution in [2.45, 2.75) is 38.1 Å².